The highest BCUT2D eigenvalue weighted by atomic mass is 35.5. The van der Waals surface area contributed by atoms with Gasteiger partial charge in [0.25, 0.3) is 0 Å². The van der Waals surface area contributed by atoms with Crippen molar-refractivity contribution < 1.29 is 17.6 Å². The Morgan fingerprint density at radius 1 is 1.05 bits per heavy atom. The molecule has 2 rings (SSSR count). The van der Waals surface area contributed by atoms with Crippen LogP contribution in [0.4, 0.5) is 17.6 Å². The third-order valence-corrected chi connectivity index (χ3v) is 4.60. The van der Waals surface area contributed by atoms with Gasteiger partial charge in [-0.2, -0.15) is 13.2 Å². The fourth-order valence-corrected chi connectivity index (χ4v) is 3.25. The van der Waals surface area contributed by atoms with Gasteiger partial charge in [-0.05, 0) is 55.7 Å². The van der Waals surface area contributed by atoms with Crippen molar-refractivity contribution in [2.24, 2.45) is 11.8 Å². The number of halogens is 5. The molecule has 0 heterocycles. The maximum Gasteiger partial charge on any atom is 0.391 e. The number of alkyl halides is 4. The molecule has 0 saturated heterocycles. The van der Waals surface area contributed by atoms with Crippen LogP contribution in [0.5, 0.6) is 0 Å². The van der Waals surface area contributed by atoms with Crippen LogP contribution in [-0.2, 0) is 6.42 Å². The number of benzene rings is 1. The zero-order valence-corrected chi connectivity index (χ0v) is 11.7. The van der Waals surface area contributed by atoms with E-state index in [0.717, 1.165) is 5.56 Å². The smallest absolute Gasteiger partial charge is 0.207 e. The molecule has 5 heteroatoms. The quantitative estimate of drug-likeness (QED) is 0.522. The van der Waals surface area contributed by atoms with Crippen LogP contribution in [0, 0.1) is 17.7 Å². The van der Waals surface area contributed by atoms with Gasteiger partial charge in [0.05, 0.1) is 5.92 Å². The molecule has 20 heavy (non-hydrogen) atoms. The van der Waals surface area contributed by atoms with E-state index in [9.17, 15) is 17.6 Å². The van der Waals surface area contributed by atoms with Crippen LogP contribution in [0.2, 0.25) is 0 Å². The van der Waals surface area contributed by atoms with E-state index in [4.69, 9.17) is 11.6 Å². The van der Waals surface area contributed by atoms with Crippen LogP contribution in [-0.4, -0.2) is 11.6 Å². The Morgan fingerprint density at radius 2 is 1.60 bits per heavy atom. The second-order valence-electron chi connectivity index (χ2n) is 5.50. The van der Waals surface area contributed by atoms with Crippen molar-refractivity contribution in [3.8, 4) is 0 Å². The predicted octanol–water partition coefficient (Wildman–Crippen LogP) is 5.34. The molecule has 0 N–H and O–H groups in total. The summed E-state index contributed by atoms with van der Waals surface area (Å²) in [5.41, 5.74) is 0.921. The molecule has 1 aromatic carbocycles. The van der Waals surface area contributed by atoms with Gasteiger partial charge < -0.3 is 0 Å². The Hall–Kier alpha value is -0.770. The van der Waals surface area contributed by atoms with Crippen molar-refractivity contribution in [3.63, 3.8) is 0 Å². The zero-order chi connectivity index (χ0) is 14.8. The van der Waals surface area contributed by atoms with Gasteiger partial charge in [0.15, 0.2) is 0 Å². The van der Waals surface area contributed by atoms with E-state index in [0.29, 0.717) is 19.3 Å². The van der Waals surface area contributed by atoms with Crippen LogP contribution in [0.1, 0.15) is 31.2 Å². The Labute approximate surface area is 121 Å². The summed E-state index contributed by atoms with van der Waals surface area (Å²) >= 11 is 6.32. The van der Waals surface area contributed by atoms with E-state index >= 15 is 0 Å². The fraction of sp³-hybridized carbons (Fsp3) is 0.600. The molecule has 1 fully saturated rings. The first-order valence-corrected chi connectivity index (χ1v) is 7.25. The molecule has 1 atom stereocenters. The highest BCUT2D eigenvalue weighted by molar-refractivity contribution is 6.20. The van der Waals surface area contributed by atoms with Crippen LogP contribution < -0.4 is 0 Å². The first-order chi connectivity index (χ1) is 9.36. The third-order valence-electron chi connectivity index (χ3n) is 4.09. The van der Waals surface area contributed by atoms with Gasteiger partial charge in [-0.1, -0.05) is 12.1 Å². The summed E-state index contributed by atoms with van der Waals surface area (Å²) in [7, 11) is 0. The lowest BCUT2D eigenvalue weighted by Crippen LogP contribution is -2.31. The molecular formula is C15H17ClF4. The van der Waals surface area contributed by atoms with Gasteiger partial charge in [-0.3, -0.25) is 0 Å². The average molecular weight is 309 g/mol. The molecule has 0 bridgehead atoms. The topological polar surface area (TPSA) is 0 Å². The highest BCUT2D eigenvalue weighted by Gasteiger charge is 2.42. The average Bonchev–Trinajstić information content (AvgIpc) is 2.40. The normalized spacial score (nSPS) is 25.4. The summed E-state index contributed by atoms with van der Waals surface area (Å²) in [5.74, 6) is -1.36. The predicted molar refractivity (Wildman–Crippen MR) is 71.2 cm³/mol. The van der Waals surface area contributed by atoms with Crippen molar-refractivity contribution >= 4 is 11.6 Å². The maximum atomic E-state index is 12.8. The third kappa shape index (κ3) is 4.11. The Kier molecular flexibility index (Phi) is 4.95. The lowest BCUT2D eigenvalue weighted by atomic mass is 9.79. The molecule has 1 aliphatic carbocycles. The molecular weight excluding hydrogens is 292 g/mol. The maximum absolute atomic E-state index is 12.8. The minimum absolute atomic E-state index is 0.111. The molecule has 112 valence electrons. The van der Waals surface area contributed by atoms with Gasteiger partial charge in [0, 0.05) is 5.38 Å². The summed E-state index contributed by atoms with van der Waals surface area (Å²) in [6, 6.07) is 6.09. The summed E-state index contributed by atoms with van der Waals surface area (Å²) in [6.07, 6.45) is -2.15. The Balaban J connectivity index is 1.85. The van der Waals surface area contributed by atoms with E-state index in [1.165, 1.54) is 12.1 Å². The minimum Gasteiger partial charge on any atom is -0.207 e. The Bertz CT molecular complexity index is 418. The molecule has 0 spiro atoms. The van der Waals surface area contributed by atoms with E-state index in [1.54, 1.807) is 12.1 Å². The van der Waals surface area contributed by atoms with E-state index in [1.807, 2.05) is 0 Å². The summed E-state index contributed by atoms with van der Waals surface area (Å²) in [6.45, 7) is 0. The molecule has 0 radical (unpaired) electrons. The van der Waals surface area contributed by atoms with Crippen LogP contribution >= 0.6 is 11.6 Å². The van der Waals surface area contributed by atoms with Crippen LogP contribution in [0.3, 0.4) is 0 Å². The fourth-order valence-electron chi connectivity index (χ4n) is 2.82. The minimum atomic E-state index is -4.08. The monoisotopic (exact) mass is 308 g/mol. The standard InChI is InChI=1S/C15H17ClF4/c16-14(9-10-1-7-13(17)8-2-10)11-3-5-12(6-4-11)15(18,19)20/h1-2,7-8,11-12,14H,3-6,9H2. The second kappa shape index (κ2) is 6.33. The van der Waals surface area contributed by atoms with E-state index < -0.39 is 12.1 Å². The van der Waals surface area contributed by atoms with Crippen LogP contribution in [0.25, 0.3) is 0 Å². The second-order valence-corrected chi connectivity index (χ2v) is 6.06. The Morgan fingerprint density at radius 3 is 2.10 bits per heavy atom. The first-order valence-electron chi connectivity index (χ1n) is 6.81. The molecule has 0 nitrogen and oxygen atoms in total. The lowest BCUT2D eigenvalue weighted by molar-refractivity contribution is -0.183. The van der Waals surface area contributed by atoms with Gasteiger partial charge in [0.1, 0.15) is 5.82 Å². The SMILES string of the molecule is Fc1ccc(CC(Cl)C2CCC(C(F)(F)F)CC2)cc1. The van der Waals surface area contributed by atoms with Crippen molar-refractivity contribution in [1.29, 1.82) is 0 Å². The summed E-state index contributed by atoms with van der Waals surface area (Å²) < 4.78 is 50.6. The molecule has 1 unspecified atom stereocenters. The van der Waals surface area contributed by atoms with Gasteiger partial charge in [-0.25, -0.2) is 4.39 Å². The molecule has 0 amide bonds. The first kappa shape index (κ1) is 15.6. The van der Waals surface area contributed by atoms with Gasteiger partial charge >= 0.3 is 6.18 Å². The van der Waals surface area contributed by atoms with Crippen molar-refractivity contribution in [2.75, 3.05) is 0 Å². The van der Waals surface area contributed by atoms with Crippen molar-refractivity contribution in [1.82, 2.24) is 0 Å². The molecule has 1 aromatic rings. The van der Waals surface area contributed by atoms with Gasteiger partial charge in [-0.15, -0.1) is 11.6 Å². The number of rotatable bonds is 3. The lowest BCUT2D eigenvalue weighted by Gasteiger charge is -2.32. The van der Waals surface area contributed by atoms with E-state index in [2.05, 4.69) is 0 Å². The van der Waals surface area contributed by atoms with Gasteiger partial charge in [0.2, 0.25) is 0 Å². The largest absolute Gasteiger partial charge is 0.391 e. The van der Waals surface area contributed by atoms with Crippen molar-refractivity contribution in [3.05, 3.63) is 35.6 Å². The molecule has 0 aromatic heterocycles. The molecule has 0 aliphatic heterocycles. The number of hydrogen-bond donors (Lipinski definition) is 0. The van der Waals surface area contributed by atoms with E-state index in [-0.39, 0.29) is 30.0 Å². The summed E-state index contributed by atoms with van der Waals surface area (Å²) in [5, 5.41) is -0.186. The molecule has 1 aliphatic rings. The highest BCUT2D eigenvalue weighted by Crippen LogP contribution is 2.41. The molecule has 1 saturated carbocycles. The summed E-state index contributed by atoms with van der Waals surface area (Å²) in [4.78, 5) is 0. The van der Waals surface area contributed by atoms with Crippen molar-refractivity contribution in [2.45, 2.75) is 43.7 Å². The number of hydrogen-bond acceptors (Lipinski definition) is 0. The zero-order valence-electron chi connectivity index (χ0n) is 11.0. The van der Waals surface area contributed by atoms with Crippen LogP contribution in [0.15, 0.2) is 24.3 Å².